The fraction of sp³-hybridized carbons (Fsp3) is 0.867. The van der Waals surface area contributed by atoms with E-state index in [0.717, 1.165) is 13.8 Å². The molecule has 0 unspecified atom stereocenters. The molecule has 0 radical (unpaired) electrons. The fourth-order valence-electron chi connectivity index (χ4n) is 2.17. The molecule has 0 saturated heterocycles. The van der Waals surface area contributed by atoms with Crippen molar-refractivity contribution in [1.82, 2.24) is 0 Å². The quantitative estimate of drug-likeness (QED) is 0.313. The van der Waals surface area contributed by atoms with Crippen LogP contribution in [0.3, 0.4) is 0 Å². The lowest BCUT2D eigenvalue weighted by Gasteiger charge is -2.20. The average Bonchev–Trinajstić information content (AvgIpc) is 2.40. The zero-order chi connectivity index (χ0) is 19.7. The van der Waals surface area contributed by atoms with Crippen molar-refractivity contribution in [3.05, 3.63) is 0 Å². The van der Waals surface area contributed by atoms with Crippen LogP contribution in [-0.4, -0.2) is 36.5 Å². The van der Waals surface area contributed by atoms with Crippen LogP contribution in [0.25, 0.3) is 0 Å². The summed E-state index contributed by atoms with van der Waals surface area (Å²) in [5.41, 5.74) is 0. The fourth-order valence-corrected chi connectivity index (χ4v) is 2.17. The largest absolute Gasteiger partial charge is 0.453 e. The molecule has 0 aromatic carbocycles. The lowest BCUT2D eigenvalue weighted by atomic mass is 10.0. The van der Waals surface area contributed by atoms with Gasteiger partial charge in [0.05, 0.1) is 0 Å². The van der Waals surface area contributed by atoms with Crippen molar-refractivity contribution in [1.29, 1.82) is 0 Å². The number of carbonyl (C=O) groups excluding carboxylic acids is 2. The molecule has 0 N–H and O–H groups in total. The van der Waals surface area contributed by atoms with Crippen molar-refractivity contribution in [2.45, 2.75) is 83.4 Å². The SMILES string of the molecule is CC(=O)O[C@@H](CCCCCCC[C@H](OC(C)=O)C(F)(F)F)C(F)(F)F. The van der Waals surface area contributed by atoms with Crippen molar-refractivity contribution < 1.29 is 45.4 Å². The van der Waals surface area contributed by atoms with E-state index >= 15 is 0 Å². The number of halogens is 6. The number of esters is 2. The standard InChI is InChI=1S/C15H22F6O4/c1-10(22)24-12(14(16,17)18)8-6-4-3-5-7-9-13(15(19,20)21)25-11(2)23/h12-13H,3-9H2,1-2H3/t12-,13-/m0/s1. The first kappa shape index (κ1) is 23.5. The van der Waals surface area contributed by atoms with Gasteiger partial charge in [-0.2, -0.15) is 26.3 Å². The summed E-state index contributed by atoms with van der Waals surface area (Å²) in [7, 11) is 0. The Morgan fingerprint density at radius 1 is 0.680 bits per heavy atom. The van der Waals surface area contributed by atoms with E-state index in [-0.39, 0.29) is 25.7 Å². The van der Waals surface area contributed by atoms with Crippen molar-refractivity contribution >= 4 is 11.9 Å². The lowest BCUT2D eigenvalue weighted by Crippen LogP contribution is -2.33. The predicted octanol–water partition coefficient (Wildman–Crippen LogP) is 4.71. The Bertz CT molecular complexity index is 381. The summed E-state index contributed by atoms with van der Waals surface area (Å²) in [4.78, 5) is 21.3. The molecule has 2 atom stereocenters. The molecule has 0 fully saturated rings. The maximum atomic E-state index is 12.6. The molecular weight excluding hydrogens is 358 g/mol. The summed E-state index contributed by atoms with van der Waals surface area (Å²) in [6.45, 7) is 1.78. The molecule has 25 heavy (non-hydrogen) atoms. The van der Waals surface area contributed by atoms with Crippen molar-refractivity contribution in [3.63, 3.8) is 0 Å². The molecule has 0 saturated carbocycles. The molecule has 10 heteroatoms. The van der Waals surface area contributed by atoms with Crippen LogP contribution in [0.5, 0.6) is 0 Å². The van der Waals surface area contributed by atoms with Crippen molar-refractivity contribution in [3.8, 4) is 0 Å². The minimum atomic E-state index is -4.64. The van der Waals surface area contributed by atoms with E-state index in [9.17, 15) is 35.9 Å². The van der Waals surface area contributed by atoms with Crippen LogP contribution < -0.4 is 0 Å². The molecule has 0 aromatic rings. The molecule has 4 nitrogen and oxygen atoms in total. The number of carbonyl (C=O) groups is 2. The number of hydrogen-bond acceptors (Lipinski definition) is 4. The summed E-state index contributed by atoms with van der Waals surface area (Å²) in [6.07, 6.45) is -13.0. The Balaban J connectivity index is 4.04. The van der Waals surface area contributed by atoms with E-state index in [1.54, 1.807) is 0 Å². The van der Waals surface area contributed by atoms with Gasteiger partial charge < -0.3 is 9.47 Å². The van der Waals surface area contributed by atoms with Gasteiger partial charge >= 0.3 is 24.3 Å². The zero-order valence-electron chi connectivity index (χ0n) is 14.0. The highest BCUT2D eigenvalue weighted by Gasteiger charge is 2.42. The van der Waals surface area contributed by atoms with E-state index in [4.69, 9.17) is 0 Å². The molecule has 0 aromatic heterocycles. The monoisotopic (exact) mass is 380 g/mol. The first-order chi connectivity index (χ1) is 11.3. The van der Waals surface area contributed by atoms with Gasteiger partial charge in [0.1, 0.15) is 0 Å². The molecule has 0 aliphatic rings. The van der Waals surface area contributed by atoms with Crippen LogP contribution in [-0.2, 0) is 19.1 Å². The summed E-state index contributed by atoms with van der Waals surface area (Å²) >= 11 is 0. The highest BCUT2D eigenvalue weighted by molar-refractivity contribution is 5.66. The van der Waals surface area contributed by atoms with Gasteiger partial charge in [0.15, 0.2) is 12.2 Å². The molecule has 0 aliphatic heterocycles. The van der Waals surface area contributed by atoms with E-state index < -0.39 is 36.5 Å². The van der Waals surface area contributed by atoms with E-state index in [1.807, 2.05) is 0 Å². The molecule has 0 bridgehead atoms. The topological polar surface area (TPSA) is 52.6 Å². The summed E-state index contributed by atoms with van der Waals surface area (Å²) < 4.78 is 84.0. The van der Waals surface area contributed by atoms with Crippen LogP contribution in [0.1, 0.15) is 58.8 Å². The van der Waals surface area contributed by atoms with Crippen LogP contribution in [0.4, 0.5) is 26.3 Å². The van der Waals surface area contributed by atoms with Crippen LogP contribution in [0.2, 0.25) is 0 Å². The highest BCUT2D eigenvalue weighted by Crippen LogP contribution is 2.29. The Morgan fingerprint density at radius 3 is 1.20 bits per heavy atom. The highest BCUT2D eigenvalue weighted by atomic mass is 19.4. The lowest BCUT2D eigenvalue weighted by molar-refractivity contribution is -0.222. The minimum Gasteiger partial charge on any atom is -0.453 e. The predicted molar refractivity (Wildman–Crippen MR) is 75.5 cm³/mol. The molecule has 0 heterocycles. The summed E-state index contributed by atoms with van der Waals surface area (Å²) in [5.74, 6) is -2.04. The van der Waals surface area contributed by atoms with Crippen LogP contribution >= 0.6 is 0 Å². The maximum Gasteiger partial charge on any atom is 0.425 e. The molecule has 0 spiro atoms. The zero-order valence-corrected chi connectivity index (χ0v) is 14.0. The van der Waals surface area contributed by atoms with Gasteiger partial charge in [-0.1, -0.05) is 19.3 Å². The van der Waals surface area contributed by atoms with E-state index in [2.05, 4.69) is 9.47 Å². The third-order valence-electron chi connectivity index (χ3n) is 3.28. The van der Waals surface area contributed by atoms with Crippen LogP contribution in [0.15, 0.2) is 0 Å². The minimum absolute atomic E-state index is 0.129. The van der Waals surface area contributed by atoms with Crippen molar-refractivity contribution in [2.75, 3.05) is 0 Å². The first-order valence-electron chi connectivity index (χ1n) is 7.82. The molecule has 0 amide bonds. The second kappa shape index (κ2) is 10.5. The molecule has 0 aliphatic carbocycles. The maximum absolute atomic E-state index is 12.6. The second-order valence-electron chi connectivity index (χ2n) is 5.62. The summed E-state index contributed by atoms with van der Waals surface area (Å²) in [5, 5.41) is 0. The van der Waals surface area contributed by atoms with E-state index in [1.165, 1.54) is 0 Å². The average molecular weight is 380 g/mol. The van der Waals surface area contributed by atoms with Gasteiger partial charge in [-0.05, 0) is 25.7 Å². The van der Waals surface area contributed by atoms with E-state index in [0.29, 0.717) is 19.3 Å². The first-order valence-corrected chi connectivity index (χ1v) is 7.82. The third kappa shape index (κ3) is 11.7. The molecular formula is C15H22F6O4. The Morgan fingerprint density at radius 2 is 0.960 bits per heavy atom. The smallest absolute Gasteiger partial charge is 0.425 e. The molecule has 148 valence electrons. The van der Waals surface area contributed by atoms with Gasteiger partial charge in [0.25, 0.3) is 0 Å². The third-order valence-corrected chi connectivity index (χ3v) is 3.28. The second-order valence-corrected chi connectivity index (χ2v) is 5.62. The number of alkyl halides is 6. The number of unbranched alkanes of at least 4 members (excludes halogenated alkanes) is 4. The molecule has 0 rings (SSSR count). The Kier molecular flexibility index (Phi) is 9.88. The normalized spacial score (nSPS) is 14.7. The Labute approximate surface area is 141 Å². The number of hydrogen-bond donors (Lipinski definition) is 0. The van der Waals surface area contributed by atoms with Crippen molar-refractivity contribution in [2.24, 2.45) is 0 Å². The van der Waals surface area contributed by atoms with Crippen LogP contribution in [0, 0.1) is 0 Å². The number of rotatable bonds is 10. The van der Waals surface area contributed by atoms with Gasteiger partial charge in [-0.25, -0.2) is 0 Å². The van der Waals surface area contributed by atoms with Gasteiger partial charge in [0.2, 0.25) is 0 Å². The summed E-state index contributed by atoms with van der Waals surface area (Å²) in [6, 6.07) is 0. The number of ether oxygens (including phenoxy) is 2. The van der Waals surface area contributed by atoms with Gasteiger partial charge in [0, 0.05) is 13.8 Å². The van der Waals surface area contributed by atoms with Gasteiger partial charge in [-0.15, -0.1) is 0 Å². The van der Waals surface area contributed by atoms with Gasteiger partial charge in [-0.3, -0.25) is 9.59 Å². The Hall–Kier alpha value is -1.48.